The second-order valence-corrected chi connectivity index (χ2v) is 3.28. The average Bonchev–Trinajstić information content (AvgIpc) is 2.01. The number of anilines is 2. The van der Waals surface area contributed by atoms with Crippen molar-refractivity contribution in [3.63, 3.8) is 0 Å². The summed E-state index contributed by atoms with van der Waals surface area (Å²) in [6.07, 6.45) is 0. The lowest BCUT2D eigenvalue weighted by Gasteiger charge is -2.02. The van der Waals surface area contributed by atoms with Crippen molar-refractivity contribution < 1.29 is 0 Å². The summed E-state index contributed by atoms with van der Waals surface area (Å²) in [5.74, 6) is 0.537. The van der Waals surface area contributed by atoms with Crippen LogP contribution in [0, 0.1) is 10.7 Å². The second kappa shape index (κ2) is 3.56. The molecule has 0 fully saturated rings. The van der Waals surface area contributed by atoms with Crippen molar-refractivity contribution in [1.29, 1.82) is 5.26 Å². The smallest absolute Gasteiger partial charge is 0.140 e. The van der Waals surface area contributed by atoms with E-state index in [2.05, 4.69) is 17.6 Å². The molecule has 0 radical (unpaired) electrons. The molecule has 0 atom stereocenters. The Kier molecular flexibility index (Phi) is 2.68. The number of nitriles is 1. The van der Waals surface area contributed by atoms with Crippen molar-refractivity contribution in [2.75, 3.05) is 11.5 Å². The molecule has 0 aromatic carbocycles. The summed E-state index contributed by atoms with van der Waals surface area (Å²) < 4.78 is 0. The third kappa shape index (κ3) is 1.75. The van der Waals surface area contributed by atoms with Crippen molar-refractivity contribution in [3.8, 4) is 5.40 Å². The Morgan fingerprint density at radius 3 is 2.75 bits per heavy atom. The Hall–Kier alpha value is -1.06. The van der Waals surface area contributed by atoms with E-state index in [1.165, 1.54) is 0 Å². The fourth-order valence-corrected chi connectivity index (χ4v) is 1.34. The minimum Gasteiger partial charge on any atom is -0.383 e. The Morgan fingerprint density at radius 1 is 1.50 bits per heavy atom. The number of nitrogen functional groups attached to an aromatic ring is 2. The fourth-order valence-electron chi connectivity index (χ4n) is 0.645. The average molecular weight is 198 g/mol. The van der Waals surface area contributed by atoms with Crippen LogP contribution >= 0.6 is 24.4 Å². The highest BCUT2D eigenvalue weighted by molar-refractivity contribution is 8.03. The number of pyridine rings is 1. The Bertz CT molecular complexity index is 344. The maximum Gasteiger partial charge on any atom is 0.140 e. The minimum absolute atomic E-state index is 0.261. The number of hydrogen-bond donors (Lipinski definition) is 3. The molecule has 4 N–H and O–H groups in total. The van der Waals surface area contributed by atoms with Crippen LogP contribution in [0.2, 0.25) is 0 Å². The molecule has 62 valence electrons. The Labute approximate surface area is 79.4 Å². The van der Waals surface area contributed by atoms with Gasteiger partial charge in [0.2, 0.25) is 0 Å². The van der Waals surface area contributed by atoms with Crippen LogP contribution < -0.4 is 11.5 Å². The largest absolute Gasteiger partial charge is 0.383 e. The maximum atomic E-state index is 8.38. The molecule has 1 heterocycles. The van der Waals surface area contributed by atoms with E-state index < -0.39 is 0 Å². The number of rotatable bonds is 1. The summed E-state index contributed by atoms with van der Waals surface area (Å²) in [6.45, 7) is 0. The van der Waals surface area contributed by atoms with Crippen LogP contribution in [0.5, 0.6) is 0 Å². The van der Waals surface area contributed by atoms with E-state index >= 15 is 0 Å². The Balaban J connectivity index is 3.16. The van der Waals surface area contributed by atoms with Gasteiger partial charge in [-0.1, -0.05) is 0 Å². The second-order valence-electron chi connectivity index (χ2n) is 1.97. The van der Waals surface area contributed by atoms with Gasteiger partial charge < -0.3 is 11.5 Å². The normalized spacial score (nSPS) is 9.33. The fraction of sp³-hybridized carbons (Fsp3) is 0. The number of hydrogen-bond acceptors (Lipinski definition) is 6. The first-order valence-corrected chi connectivity index (χ1v) is 4.22. The molecule has 1 aromatic rings. The molecule has 6 heteroatoms. The SMILES string of the molecule is N#CSc1cc(S)c(N)nc1N. The summed E-state index contributed by atoms with van der Waals surface area (Å²) in [5.41, 5.74) is 10.9. The van der Waals surface area contributed by atoms with Crippen LogP contribution in [0.3, 0.4) is 0 Å². The summed E-state index contributed by atoms with van der Waals surface area (Å²) in [6, 6.07) is 1.62. The van der Waals surface area contributed by atoms with E-state index in [-0.39, 0.29) is 11.6 Å². The van der Waals surface area contributed by atoms with Gasteiger partial charge in [0.25, 0.3) is 0 Å². The summed E-state index contributed by atoms with van der Waals surface area (Å²) >= 11 is 4.98. The van der Waals surface area contributed by atoms with E-state index in [1.54, 1.807) is 6.07 Å². The topological polar surface area (TPSA) is 88.7 Å². The highest BCUT2D eigenvalue weighted by Crippen LogP contribution is 2.27. The zero-order chi connectivity index (χ0) is 9.14. The van der Waals surface area contributed by atoms with Crippen LogP contribution in [0.1, 0.15) is 0 Å². The highest BCUT2D eigenvalue weighted by atomic mass is 32.2. The summed E-state index contributed by atoms with van der Waals surface area (Å²) in [5, 5.41) is 10.3. The standard InChI is InChI=1S/C6H6N4S2/c7-2-12-4-1-3(11)5(8)10-6(4)9/h1,11H,(H4,8,9,10). The van der Waals surface area contributed by atoms with Gasteiger partial charge in [-0.25, -0.2) is 4.98 Å². The molecule has 12 heavy (non-hydrogen) atoms. The quantitative estimate of drug-likeness (QED) is 0.357. The van der Waals surface area contributed by atoms with Crippen molar-refractivity contribution in [2.45, 2.75) is 9.79 Å². The van der Waals surface area contributed by atoms with Crippen LogP contribution in [0.4, 0.5) is 11.6 Å². The molecule has 0 saturated carbocycles. The third-order valence-corrected chi connectivity index (χ3v) is 2.18. The highest BCUT2D eigenvalue weighted by Gasteiger charge is 2.04. The van der Waals surface area contributed by atoms with Crippen LogP contribution in [0.25, 0.3) is 0 Å². The van der Waals surface area contributed by atoms with Gasteiger partial charge in [-0.2, -0.15) is 5.26 Å². The summed E-state index contributed by atoms with van der Waals surface area (Å²) in [7, 11) is 0. The number of thiol groups is 1. The lowest BCUT2D eigenvalue weighted by Crippen LogP contribution is -1.98. The van der Waals surface area contributed by atoms with E-state index in [4.69, 9.17) is 16.7 Å². The maximum absolute atomic E-state index is 8.38. The van der Waals surface area contributed by atoms with Gasteiger partial charge in [-0.05, 0) is 17.8 Å². The molecule has 1 rings (SSSR count). The first kappa shape index (κ1) is 9.03. The third-order valence-electron chi connectivity index (χ3n) is 1.18. The van der Waals surface area contributed by atoms with Gasteiger partial charge in [0, 0.05) is 4.90 Å². The van der Waals surface area contributed by atoms with Crippen molar-refractivity contribution in [3.05, 3.63) is 6.07 Å². The first-order chi connectivity index (χ1) is 5.65. The predicted octanol–water partition coefficient (Wildman–Crippen LogP) is 1.11. The van der Waals surface area contributed by atoms with E-state index in [9.17, 15) is 0 Å². The minimum atomic E-state index is 0.261. The molecule has 0 aliphatic heterocycles. The molecule has 0 saturated heterocycles. The molecular weight excluding hydrogens is 192 g/mol. The lowest BCUT2D eigenvalue weighted by molar-refractivity contribution is 1.19. The molecule has 4 nitrogen and oxygen atoms in total. The van der Waals surface area contributed by atoms with E-state index in [1.807, 2.05) is 5.40 Å². The molecular formula is C6H6N4S2. The Morgan fingerprint density at radius 2 is 2.17 bits per heavy atom. The lowest BCUT2D eigenvalue weighted by atomic mass is 10.4. The zero-order valence-corrected chi connectivity index (χ0v) is 7.69. The molecule has 1 aromatic heterocycles. The van der Waals surface area contributed by atoms with E-state index in [0.717, 1.165) is 11.8 Å². The van der Waals surface area contributed by atoms with Crippen molar-refractivity contribution in [1.82, 2.24) is 4.98 Å². The van der Waals surface area contributed by atoms with Gasteiger partial charge in [-0.15, -0.1) is 12.6 Å². The van der Waals surface area contributed by atoms with Crippen LogP contribution in [0.15, 0.2) is 15.9 Å². The van der Waals surface area contributed by atoms with E-state index in [0.29, 0.717) is 9.79 Å². The molecule has 0 unspecified atom stereocenters. The van der Waals surface area contributed by atoms with Crippen LogP contribution in [-0.2, 0) is 0 Å². The van der Waals surface area contributed by atoms with Gasteiger partial charge in [0.1, 0.15) is 17.0 Å². The molecule has 0 bridgehead atoms. The number of thiocyanates is 1. The monoisotopic (exact) mass is 198 g/mol. The molecule has 0 amide bonds. The van der Waals surface area contributed by atoms with Crippen molar-refractivity contribution in [2.24, 2.45) is 0 Å². The number of thioether (sulfide) groups is 1. The first-order valence-electron chi connectivity index (χ1n) is 2.96. The zero-order valence-electron chi connectivity index (χ0n) is 5.98. The van der Waals surface area contributed by atoms with Gasteiger partial charge >= 0.3 is 0 Å². The van der Waals surface area contributed by atoms with Gasteiger partial charge in [0.05, 0.1) is 4.90 Å². The van der Waals surface area contributed by atoms with Gasteiger partial charge in [0.15, 0.2) is 0 Å². The van der Waals surface area contributed by atoms with Gasteiger partial charge in [-0.3, -0.25) is 0 Å². The predicted molar refractivity (Wildman–Crippen MR) is 51.8 cm³/mol. The molecule has 0 aliphatic carbocycles. The summed E-state index contributed by atoms with van der Waals surface area (Å²) in [4.78, 5) is 4.91. The molecule has 0 aliphatic rings. The number of nitrogens with zero attached hydrogens (tertiary/aromatic N) is 2. The van der Waals surface area contributed by atoms with Crippen LogP contribution in [-0.4, -0.2) is 4.98 Å². The number of aromatic nitrogens is 1. The van der Waals surface area contributed by atoms with Crippen molar-refractivity contribution >= 4 is 36.0 Å². The molecule has 0 spiro atoms. The number of nitrogens with two attached hydrogens (primary N) is 2.